The number of carbonyl (C=O) groups excluding carboxylic acids is 1. The Labute approximate surface area is 189 Å². The van der Waals surface area contributed by atoms with Crippen LogP contribution in [0.1, 0.15) is 23.3 Å². The molecule has 2 atom stereocenters. The summed E-state index contributed by atoms with van der Waals surface area (Å²) in [6, 6.07) is 43.6. The Hall–Kier alpha value is -2.65. The molecule has 0 saturated heterocycles. The third-order valence-corrected chi connectivity index (χ3v) is 22.1. The van der Waals surface area contributed by atoms with Crippen molar-refractivity contribution in [1.29, 1.82) is 0 Å². The van der Waals surface area contributed by atoms with Gasteiger partial charge in [-0.05, 0) is 0 Å². The molecule has 0 N–H and O–H groups in total. The number of hydrogen-bond donors (Lipinski definition) is 0. The molecule has 4 rings (SSSR count). The van der Waals surface area contributed by atoms with Gasteiger partial charge < -0.3 is 0 Å². The van der Waals surface area contributed by atoms with Crippen molar-refractivity contribution in [2.45, 2.75) is 17.8 Å². The van der Waals surface area contributed by atoms with Gasteiger partial charge in [0.25, 0.3) is 0 Å². The number of Topliss-reactive ketones (excluding diaryl/α,β-unsaturated/α-hetero) is 1. The van der Waals surface area contributed by atoms with E-state index in [1.165, 1.54) is 16.3 Å². The second kappa shape index (κ2) is 9.65. The van der Waals surface area contributed by atoms with E-state index >= 15 is 0 Å². The molecule has 0 aromatic heterocycles. The Kier molecular flexibility index (Phi) is 6.72. The Morgan fingerprint density at radius 1 is 0.581 bits per heavy atom. The first kappa shape index (κ1) is 21.6. The van der Waals surface area contributed by atoms with Crippen LogP contribution in [0, 0.1) is 5.92 Å². The summed E-state index contributed by atoms with van der Waals surface area (Å²) in [5.74, 6) is 0.163. The average Bonchev–Trinajstić information content (AvgIpc) is 2.84. The predicted molar refractivity (Wildman–Crippen MR) is 133 cm³/mol. The van der Waals surface area contributed by atoms with Crippen LogP contribution in [-0.4, -0.2) is 24.2 Å². The third kappa shape index (κ3) is 4.12. The van der Waals surface area contributed by atoms with Gasteiger partial charge in [0.05, 0.1) is 0 Å². The summed E-state index contributed by atoms with van der Waals surface area (Å²) in [6.07, 6.45) is 0. The maximum absolute atomic E-state index is 12.9. The zero-order chi connectivity index (χ0) is 21.7. The van der Waals surface area contributed by atoms with Gasteiger partial charge in [-0.25, -0.2) is 0 Å². The Balaban J connectivity index is 2.16. The van der Waals surface area contributed by atoms with Crippen LogP contribution in [0.2, 0.25) is 0 Å². The van der Waals surface area contributed by atoms with E-state index in [4.69, 9.17) is 0 Å². The molecule has 4 aromatic rings. The number of hydrogen-bond acceptors (Lipinski definition) is 1. The van der Waals surface area contributed by atoms with Crippen LogP contribution < -0.4 is 10.7 Å². The molecule has 2 heteroatoms. The summed E-state index contributed by atoms with van der Waals surface area (Å²) >= 11 is -3.73. The molecule has 0 amide bonds. The van der Waals surface area contributed by atoms with Crippen LogP contribution in [0.3, 0.4) is 0 Å². The van der Waals surface area contributed by atoms with Crippen molar-refractivity contribution >= 4 is 34.9 Å². The van der Waals surface area contributed by atoms with Gasteiger partial charge >= 0.3 is 190 Å². The molecule has 0 fully saturated rings. The summed E-state index contributed by atoms with van der Waals surface area (Å²) in [7, 11) is 0. The average molecular weight is 511 g/mol. The molecule has 1 nitrogen and oxygen atoms in total. The molecule has 0 bridgehead atoms. The van der Waals surface area contributed by atoms with Crippen LogP contribution in [0.15, 0.2) is 121 Å². The number of rotatable bonds is 7. The fourth-order valence-corrected chi connectivity index (χ4v) is 21.8. The summed E-state index contributed by atoms with van der Waals surface area (Å²) < 4.78 is 4.34. The monoisotopic (exact) mass is 512 g/mol. The van der Waals surface area contributed by atoms with Crippen LogP contribution in [0.5, 0.6) is 0 Å². The fraction of sp³-hybridized carbons (Fsp3) is 0.138. The number of carbonyl (C=O) groups is 1. The minimum absolute atomic E-state index is 0.0844. The molecule has 0 spiro atoms. The molecule has 0 aliphatic carbocycles. The van der Waals surface area contributed by atoms with Crippen molar-refractivity contribution in [2.75, 3.05) is 0 Å². The molecule has 154 valence electrons. The van der Waals surface area contributed by atoms with Gasteiger partial charge in [0.15, 0.2) is 0 Å². The normalized spacial score (nSPS) is 13.4. The van der Waals surface area contributed by atoms with Gasteiger partial charge in [-0.1, -0.05) is 0 Å². The number of ketones is 1. The first-order chi connectivity index (χ1) is 15.2. The van der Waals surface area contributed by atoms with Crippen molar-refractivity contribution in [1.82, 2.24) is 0 Å². The van der Waals surface area contributed by atoms with Gasteiger partial charge in [0.2, 0.25) is 0 Å². The SMILES string of the molecule is CC(=O)[C@@H](C)[C@H](c1ccccc1)[Sn]([c]1ccccc1)([c]1ccccc1)[c]1ccccc1. The van der Waals surface area contributed by atoms with E-state index in [-0.39, 0.29) is 15.6 Å². The summed E-state index contributed by atoms with van der Waals surface area (Å²) in [4.78, 5) is 12.9. The van der Waals surface area contributed by atoms with Crippen LogP contribution in [0.25, 0.3) is 0 Å². The molecule has 31 heavy (non-hydrogen) atoms. The van der Waals surface area contributed by atoms with Crippen molar-refractivity contribution < 1.29 is 4.79 Å². The summed E-state index contributed by atoms with van der Waals surface area (Å²) in [6.45, 7) is 3.87. The second-order valence-corrected chi connectivity index (χ2v) is 19.5. The fourth-order valence-electron chi connectivity index (χ4n) is 4.95. The van der Waals surface area contributed by atoms with Crippen LogP contribution >= 0.6 is 0 Å². The van der Waals surface area contributed by atoms with Crippen molar-refractivity contribution in [2.24, 2.45) is 5.92 Å². The van der Waals surface area contributed by atoms with Gasteiger partial charge in [-0.15, -0.1) is 0 Å². The number of benzene rings is 4. The van der Waals surface area contributed by atoms with E-state index in [9.17, 15) is 4.79 Å². The van der Waals surface area contributed by atoms with Crippen molar-refractivity contribution in [3.63, 3.8) is 0 Å². The second-order valence-electron chi connectivity index (χ2n) is 8.19. The maximum atomic E-state index is 12.9. The van der Waals surface area contributed by atoms with Crippen molar-refractivity contribution in [3.05, 3.63) is 127 Å². The molecule has 0 unspecified atom stereocenters. The van der Waals surface area contributed by atoms with Gasteiger partial charge in [-0.2, -0.15) is 0 Å². The summed E-state index contributed by atoms with van der Waals surface area (Å²) in [5.41, 5.74) is 1.26. The van der Waals surface area contributed by atoms with E-state index in [1.807, 2.05) is 0 Å². The molecular formula is C29H28OSn. The molecular weight excluding hydrogens is 483 g/mol. The standard InChI is InChI=1S/C11H13O.3C6H5.Sn/c1-9(10(2)12)8-11-6-4-3-5-7-11;3*1-2-4-6-5-3-1;/h3-9H,1-2H3;3*1-5H;/t9-;;;;/m0..../s1. The van der Waals surface area contributed by atoms with E-state index in [1.54, 1.807) is 6.92 Å². The quantitative estimate of drug-likeness (QED) is 0.329. The first-order valence-corrected chi connectivity index (χ1v) is 16.8. The topological polar surface area (TPSA) is 17.1 Å². The molecule has 0 aliphatic rings. The van der Waals surface area contributed by atoms with Gasteiger partial charge in [0.1, 0.15) is 0 Å². The van der Waals surface area contributed by atoms with E-state index in [0.717, 1.165) is 0 Å². The third-order valence-electron chi connectivity index (χ3n) is 6.45. The van der Waals surface area contributed by atoms with E-state index in [0.29, 0.717) is 0 Å². The van der Waals surface area contributed by atoms with E-state index < -0.39 is 18.4 Å². The Morgan fingerprint density at radius 2 is 0.903 bits per heavy atom. The Morgan fingerprint density at radius 3 is 1.23 bits per heavy atom. The first-order valence-electron chi connectivity index (χ1n) is 10.9. The van der Waals surface area contributed by atoms with Crippen molar-refractivity contribution in [3.8, 4) is 0 Å². The molecule has 0 saturated carbocycles. The Bertz CT molecular complexity index is 1010. The molecule has 0 heterocycles. The molecule has 0 radical (unpaired) electrons. The zero-order valence-corrected chi connectivity index (χ0v) is 21.0. The van der Waals surface area contributed by atoms with Crippen LogP contribution in [-0.2, 0) is 4.79 Å². The van der Waals surface area contributed by atoms with Gasteiger partial charge in [-0.3, -0.25) is 0 Å². The van der Waals surface area contributed by atoms with Gasteiger partial charge in [0, 0.05) is 0 Å². The molecule has 4 aromatic carbocycles. The zero-order valence-electron chi connectivity index (χ0n) is 18.1. The molecule has 0 aliphatic heterocycles. The minimum atomic E-state index is -3.73. The van der Waals surface area contributed by atoms with Crippen LogP contribution in [0.4, 0.5) is 0 Å². The summed E-state index contributed by atoms with van der Waals surface area (Å²) in [5, 5.41) is 0. The van der Waals surface area contributed by atoms with E-state index in [2.05, 4.69) is 128 Å². The predicted octanol–water partition coefficient (Wildman–Crippen LogP) is 4.70.